The molecule has 1 heterocycles. The van der Waals surface area contributed by atoms with Gasteiger partial charge in [0.1, 0.15) is 0 Å². The molecule has 0 radical (unpaired) electrons. The lowest BCUT2D eigenvalue weighted by Crippen LogP contribution is -2.58. The molecule has 3 unspecified atom stereocenters. The Hall–Kier alpha value is -1.61. The number of amides is 1. The quantitative estimate of drug-likeness (QED) is 0.662. The minimum absolute atomic E-state index is 0.0649. The maximum Gasteiger partial charge on any atom is 0.237 e. The molecule has 2 fully saturated rings. The van der Waals surface area contributed by atoms with E-state index < -0.39 is 11.5 Å². The van der Waals surface area contributed by atoms with E-state index in [1.807, 2.05) is 24.3 Å². The Bertz CT molecular complexity index is 777. The molecule has 2 aliphatic rings. The number of hydrogen-bond donors (Lipinski definition) is 3. The van der Waals surface area contributed by atoms with Crippen LogP contribution >= 0.6 is 11.6 Å². The van der Waals surface area contributed by atoms with Gasteiger partial charge in [-0.15, -0.1) is 0 Å². The highest BCUT2D eigenvalue weighted by Gasteiger charge is 2.49. The van der Waals surface area contributed by atoms with E-state index in [1.165, 1.54) is 0 Å². The number of piperidine rings is 1. The zero-order chi connectivity index (χ0) is 21.3. The molecule has 1 saturated carbocycles. The monoisotopic (exact) mass is 417 g/mol. The van der Waals surface area contributed by atoms with Gasteiger partial charge in [0.05, 0.1) is 24.1 Å². The first-order chi connectivity index (χ1) is 13.6. The Kier molecular flexibility index (Phi) is 6.29. The third kappa shape index (κ3) is 4.94. The van der Waals surface area contributed by atoms with Gasteiger partial charge in [0, 0.05) is 23.5 Å². The minimum atomic E-state index is -0.751. The highest BCUT2D eigenvalue weighted by atomic mass is 35.5. The average Bonchev–Trinajstić information content (AvgIpc) is 3.46. The lowest BCUT2D eigenvalue weighted by molar-refractivity contribution is -0.124. The van der Waals surface area contributed by atoms with Crippen molar-refractivity contribution in [3.8, 4) is 6.07 Å². The van der Waals surface area contributed by atoms with Crippen molar-refractivity contribution in [2.24, 2.45) is 16.7 Å². The molecule has 1 aromatic carbocycles. The van der Waals surface area contributed by atoms with Crippen molar-refractivity contribution in [2.45, 2.75) is 57.9 Å². The summed E-state index contributed by atoms with van der Waals surface area (Å²) in [6.07, 6.45) is 3.19. The van der Waals surface area contributed by atoms with Gasteiger partial charge in [0.25, 0.3) is 0 Å². The Morgan fingerprint density at radius 1 is 1.34 bits per heavy atom. The van der Waals surface area contributed by atoms with Gasteiger partial charge >= 0.3 is 0 Å². The van der Waals surface area contributed by atoms with Crippen molar-refractivity contribution >= 4 is 17.5 Å². The third-order valence-electron chi connectivity index (χ3n) is 6.50. The maximum atomic E-state index is 12.9. The molecule has 3 N–H and O–H groups in total. The van der Waals surface area contributed by atoms with Crippen LogP contribution in [-0.2, 0) is 10.2 Å². The first-order valence-electron chi connectivity index (χ1n) is 10.4. The van der Waals surface area contributed by atoms with Crippen LogP contribution in [-0.4, -0.2) is 36.8 Å². The van der Waals surface area contributed by atoms with Crippen molar-refractivity contribution in [3.05, 3.63) is 34.9 Å². The summed E-state index contributed by atoms with van der Waals surface area (Å²) < 4.78 is 0. The van der Waals surface area contributed by atoms with Gasteiger partial charge in [-0.25, -0.2) is 0 Å². The molecule has 1 amide bonds. The normalized spacial score (nSPS) is 28.4. The van der Waals surface area contributed by atoms with Crippen LogP contribution in [0.1, 0.15) is 52.0 Å². The summed E-state index contributed by atoms with van der Waals surface area (Å²) >= 11 is 6.08. The molecule has 3 atom stereocenters. The fourth-order valence-electron chi connectivity index (χ4n) is 4.46. The SMILES string of the molecule is CC(C)(C)CC1CNC(C(=O)NCC2(CO)CC2)CC1(C#N)c1ccc(Cl)cc1. The molecular weight excluding hydrogens is 386 g/mol. The fourth-order valence-corrected chi connectivity index (χ4v) is 4.58. The van der Waals surface area contributed by atoms with Gasteiger partial charge in [-0.05, 0) is 54.7 Å². The van der Waals surface area contributed by atoms with Crippen molar-refractivity contribution < 1.29 is 9.90 Å². The third-order valence-corrected chi connectivity index (χ3v) is 6.75. The number of aliphatic hydroxyl groups excluding tert-OH is 1. The number of rotatable bonds is 6. The number of nitrogens with zero attached hydrogens (tertiary/aromatic N) is 1. The molecular formula is C23H32ClN3O2. The van der Waals surface area contributed by atoms with Crippen molar-refractivity contribution in [2.75, 3.05) is 19.7 Å². The van der Waals surface area contributed by atoms with Crippen LogP contribution in [0.25, 0.3) is 0 Å². The van der Waals surface area contributed by atoms with Gasteiger partial charge in [-0.3, -0.25) is 4.79 Å². The van der Waals surface area contributed by atoms with Gasteiger partial charge in [-0.2, -0.15) is 5.26 Å². The Morgan fingerprint density at radius 2 is 2.00 bits per heavy atom. The fraction of sp³-hybridized carbons (Fsp3) is 0.652. The van der Waals surface area contributed by atoms with E-state index in [2.05, 4.69) is 37.5 Å². The number of halogens is 1. The first kappa shape index (κ1) is 22.1. The smallest absolute Gasteiger partial charge is 0.237 e. The molecule has 3 rings (SSSR count). The van der Waals surface area contributed by atoms with E-state index in [-0.39, 0.29) is 29.3 Å². The molecule has 1 aliphatic heterocycles. The second-order valence-corrected chi connectivity index (χ2v) is 10.5. The van der Waals surface area contributed by atoms with Crippen LogP contribution in [0.15, 0.2) is 24.3 Å². The summed E-state index contributed by atoms with van der Waals surface area (Å²) in [5.41, 5.74) is 0.100. The van der Waals surface area contributed by atoms with E-state index in [0.717, 1.165) is 24.8 Å². The number of hydrogen-bond acceptors (Lipinski definition) is 4. The lowest BCUT2D eigenvalue weighted by Gasteiger charge is -2.45. The number of carbonyl (C=O) groups excluding carboxylic acids is 1. The molecule has 0 aromatic heterocycles. The first-order valence-corrected chi connectivity index (χ1v) is 10.8. The zero-order valence-corrected chi connectivity index (χ0v) is 18.4. The molecule has 0 spiro atoms. The van der Waals surface area contributed by atoms with Crippen LogP contribution in [0.4, 0.5) is 0 Å². The molecule has 5 nitrogen and oxygen atoms in total. The number of carbonyl (C=O) groups is 1. The molecule has 1 aromatic rings. The van der Waals surface area contributed by atoms with Gasteiger partial charge in [0.2, 0.25) is 5.91 Å². The van der Waals surface area contributed by atoms with Crippen LogP contribution < -0.4 is 10.6 Å². The van der Waals surface area contributed by atoms with Gasteiger partial charge in [-0.1, -0.05) is 44.5 Å². The average molecular weight is 418 g/mol. The number of nitriles is 1. The number of nitrogens with one attached hydrogen (secondary N) is 2. The molecule has 0 bridgehead atoms. The lowest BCUT2D eigenvalue weighted by atomic mass is 9.61. The summed E-state index contributed by atoms with van der Waals surface area (Å²) in [5, 5.41) is 26.9. The Morgan fingerprint density at radius 3 is 2.52 bits per heavy atom. The standard InChI is InChI=1S/C23H32ClN3O2/c1-21(2,3)10-17-12-26-19(20(29)27-14-22(15-28)8-9-22)11-23(17,13-25)16-4-6-18(24)7-5-16/h4-7,17,19,26,28H,8-12,14-15H2,1-3H3,(H,27,29). The van der Waals surface area contributed by atoms with Crippen LogP contribution in [0, 0.1) is 28.1 Å². The van der Waals surface area contributed by atoms with Crippen LogP contribution in [0.2, 0.25) is 5.02 Å². The summed E-state index contributed by atoms with van der Waals surface area (Å²) in [6, 6.07) is 9.65. The highest BCUT2D eigenvalue weighted by Crippen LogP contribution is 2.45. The Labute approximate surface area is 178 Å². The predicted octanol–water partition coefficient (Wildman–Crippen LogP) is 3.40. The number of aliphatic hydroxyl groups is 1. The predicted molar refractivity (Wildman–Crippen MR) is 114 cm³/mol. The minimum Gasteiger partial charge on any atom is -0.396 e. The zero-order valence-electron chi connectivity index (χ0n) is 17.6. The Balaban J connectivity index is 1.83. The van der Waals surface area contributed by atoms with Crippen LogP contribution in [0.5, 0.6) is 0 Å². The summed E-state index contributed by atoms with van der Waals surface area (Å²) in [4.78, 5) is 12.9. The van der Waals surface area contributed by atoms with Gasteiger partial charge in [0.15, 0.2) is 0 Å². The van der Waals surface area contributed by atoms with Crippen molar-refractivity contribution in [1.82, 2.24) is 10.6 Å². The molecule has 158 valence electrons. The van der Waals surface area contributed by atoms with E-state index in [0.29, 0.717) is 24.5 Å². The van der Waals surface area contributed by atoms with E-state index in [9.17, 15) is 15.2 Å². The highest BCUT2D eigenvalue weighted by molar-refractivity contribution is 6.30. The summed E-state index contributed by atoms with van der Waals surface area (Å²) in [6.45, 7) is 7.74. The second-order valence-electron chi connectivity index (χ2n) is 10.1. The van der Waals surface area contributed by atoms with Gasteiger partial charge < -0.3 is 15.7 Å². The molecule has 1 aliphatic carbocycles. The number of benzene rings is 1. The van der Waals surface area contributed by atoms with E-state index in [1.54, 1.807) is 0 Å². The molecule has 1 saturated heterocycles. The summed E-state index contributed by atoms with van der Waals surface area (Å²) in [7, 11) is 0. The van der Waals surface area contributed by atoms with E-state index in [4.69, 9.17) is 11.6 Å². The largest absolute Gasteiger partial charge is 0.396 e. The summed E-state index contributed by atoms with van der Waals surface area (Å²) in [5.74, 6) is -0.00235. The van der Waals surface area contributed by atoms with E-state index >= 15 is 0 Å². The molecule has 6 heteroatoms. The maximum absolute atomic E-state index is 12.9. The van der Waals surface area contributed by atoms with Crippen LogP contribution in [0.3, 0.4) is 0 Å². The second kappa shape index (κ2) is 8.26. The van der Waals surface area contributed by atoms with Crippen molar-refractivity contribution in [1.29, 1.82) is 5.26 Å². The topological polar surface area (TPSA) is 85.2 Å². The van der Waals surface area contributed by atoms with Crippen molar-refractivity contribution in [3.63, 3.8) is 0 Å². The molecule has 29 heavy (non-hydrogen) atoms.